The minimum atomic E-state index is -1.14. The van der Waals surface area contributed by atoms with Crippen molar-refractivity contribution >= 4 is 27.6 Å². The first-order valence-electron chi connectivity index (χ1n) is 5.67. The molecule has 0 heterocycles. The summed E-state index contributed by atoms with van der Waals surface area (Å²) in [5.74, 6) is -1.21. The average molecular weight is 340 g/mol. The van der Waals surface area contributed by atoms with Gasteiger partial charge in [-0.15, -0.1) is 0 Å². The second-order valence-corrected chi connectivity index (χ2v) is 4.99. The molecule has 0 aliphatic heterocycles. The average Bonchev–Trinajstić information content (AvgIpc) is 2.41. The summed E-state index contributed by atoms with van der Waals surface area (Å²) in [4.78, 5) is 10.9. The Morgan fingerprint density at radius 3 is 2.75 bits per heavy atom. The van der Waals surface area contributed by atoms with Gasteiger partial charge >= 0.3 is 5.97 Å². The molecule has 0 spiro atoms. The number of ether oxygens (including phenoxy) is 1. The lowest BCUT2D eigenvalue weighted by molar-refractivity contribution is 0.0697. The maximum atomic E-state index is 13.5. The van der Waals surface area contributed by atoms with Crippen LogP contribution < -0.4 is 10.5 Å². The van der Waals surface area contributed by atoms with E-state index in [1.807, 2.05) is 0 Å². The minimum Gasteiger partial charge on any atom is -0.489 e. The highest BCUT2D eigenvalue weighted by molar-refractivity contribution is 9.10. The Bertz CT molecular complexity index is 661. The smallest absolute Gasteiger partial charge is 0.337 e. The van der Waals surface area contributed by atoms with Crippen molar-refractivity contribution in [2.24, 2.45) is 0 Å². The zero-order valence-electron chi connectivity index (χ0n) is 10.3. The van der Waals surface area contributed by atoms with Crippen molar-refractivity contribution in [3.05, 3.63) is 57.8 Å². The summed E-state index contributed by atoms with van der Waals surface area (Å²) >= 11 is 3.25. The fourth-order valence-corrected chi connectivity index (χ4v) is 2.03. The normalized spacial score (nSPS) is 10.3. The number of nitrogens with two attached hydrogens (primary N) is 1. The highest BCUT2D eigenvalue weighted by atomic mass is 79.9. The van der Waals surface area contributed by atoms with E-state index in [4.69, 9.17) is 15.6 Å². The molecule has 0 fully saturated rings. The van der Waals surface area contributed by atoms with E-state index < -0.39 is 5.97 Å². The Morgan fingerprint density at radius 2 is 2.05 bits per heavy atom. The Labute approximate surface area is 123 Å². The van der Waals surface area contributed by atoms with Crippen LogP contribution in [0.4, 0.5) is 10.1 Å². The molecule has 0 saturated carbocycles. The first kappa shape index (κ1) is 14.3. The van der Waals surface area contributed by atoms with Gasteiger partial charge in [0.1, 0.15) is 18.2 Å². The van der Waals surface area contributed by atoms with Crippen molar-refractivity contribution in [1.29, 1.82) is 0 Å². The van der Waals surface area contributed by atoms with Gasteiger partial charge in [0.05, 0.1) is 5.56 Å². The molecule has 0 aliphatic carbocycles. The van der Waals surface area contributed by atoms with Crippen molar-refractivity contribution < 1.29 is 19.0 Å². The number of aromatic carboxylic acids is 1. The van der Waals surface area contributed by atoms with Gasteiger partial charge in [0.2, 0.25) is 0 Å². The summed E-state index contributed by atoms with van der Waals surface area (Å²) < 4.78 is 19.7. The SMILES string of the molecule is Nc1ccc(OCc2cc(Br)ccc2F)cc1C(=O)O. The van der Waals surface area contributed by atoms with Crippen LogP contribution in [0.5, 0.6) is 5.75 Å². The van der Waals surface area contributed by atoms with E-state index in [9.17, 15) is 9.18 Å². The van der Waals surface area contributed by atoms with Crippen LogP contribution in [0.25, 0.3) is 0 Å². The highest BCUT2D eigenvalue weighted by Gasteiger charge is 2.10. The largest absolute Gasteiger partial charge is 0.489 e. The van der Waals surface area contributed by atoms with Crippen molar-refractivity contribution in [3.8, 4) is 5.75 Å². The van der Waals surface area contributed by atoms with E-state index in [2.05, 4.69) is 15.9 Å². The molecule has 6 heteroatoms. The summed E-state index contributed by atoms with van der Waals surface area (Å²) in [5, 5.41) is 8.95. The number of carboxylic acid groups (broad SMARTS) is 1. The number of hydrogen-bond donors (Lipinski definition) is 2. The van der Waals surface area contributed by atoms with Crippen molar-refractivity contribution in [2.75, 3.05) is 5.73 Å². The van der Waals surface area contributed by atoms with Crippen LogP contribution in [-0.2, 0) is 6.61 Å². The molecule has 0 aliphatic rings. The van der Waals surface area contributed by atoms with Crippen LogP contribution in [0.1, 0.15) is 15.9 Å². The number of benzene rings is 2. The number of carboxylic acids is 1. The zero-order chi connectivity index (χ0) is 14.7. The molecular weight excluding hydrogens is 329 g/mol. The van der Waals surface area contributed by atoms with E-state index in [0.29, 0.717) is 11.3 Å². The molecule has 0 bridgehead atoms. The monoisotopic (exact) mass is 339 g/mol. The second kappa shape index (κ2) is 5.92. The van der Waals surface area contributed by atoms with E-state index >= 15 is 0 Å². The second-order valence-electron chi connectivity index (χ2n) is 4.08. The third-order valence-corrected chi connectivity index (χ3v) is 3.15. The summed E-state index contributed by atoms with van der Waals surface area (Å²) in [7, 11) is 0. The van der Waals surface area contributed by atoms with Gasteiger partial charge in [-0.1, -0.05) is 15.9 Å². The van der Waals surface area contributed by atoms with E-state index in [-0.39, 0.29) is 23.7 Å². The van der Waals surface area contributed by atoms with Crippen LogP contribution >= 0.6 is 15.9 Å². The lowest BCUT2D eigenvalue weighted by atomic mass is 10.1. The van der Waals surface area contributed by atoms with E-state index in [1.165, 1.54) is 24.3 Å². The highest BCUT2D eigenvalue weighted by Crippen LogP contribution is 2.22. The zero-order valence-corrected chi connectivity index (χ0v) is 11.9. The minimum absolute atomic E-state index is 0.00570. The molecule has 4 nitrogen and oxygen atoms in total. The van der Waals surface area contributed by atoms with E-state index in [1.54, 1.807) is 12.1 Å². The number of nitrogen functional groups attached to an aromatic ring is 1. The summed E-state index contributed by atoms with van der Waals surface area (Å²) in [6.45, 7) is -0.00570. The van der Waals surface area contributed by atoms with Gasteiger partial charge in [0.15, 0.2) is 0 Å². The van der Waals surface area contributed by atoms with Crippen LogP contribution in [0.15, 0.2) is 40.9 Å². The van der Waals surface area contributed by atoms with Crippen LogP contribution in [0.3, 0.4) is 0 Å². The van der Waals surface area contributed by atoms with Gasteiger partial charge in [-0.25, -0.2) is 9.18 Å². The molecule has 0 unspecified atom stereocenters. The predicted octanol–water partition coefficient (Wildman–Crippen LogP) is 3.45. The molecule has 0 amide bonds. The fraction of sp³-hybridized carbons (Fsp3) is 0.0714. The van der Waals surface area contributed by atoms with Gasteiger partial charge < -0.3 is 15.6 Å². The molecule has 0 atom stereocenters. The standard InChI is InChI=1S/C14H11BrFNO3/c15-9-1-3-12(16)8(5-9)7-20-10-2-4-13(17)11(6-10)14(18)19/h1-6H,7,17H2,(H,18,19). The quantitative estimate of drug-likeness (QED) is 0.837. The lowest BCUT2D eigenvalue weighted by Crippen LogP contribution is -2.04. The molecule has 0 saturated heterocycles. The Morgan fingerprint density at radius 1 is 1.30 bits per heavy atom. The van der Waals surface area contributed by atoms with E-state index in [0.717, 1.165) is 4.47 Å². The molecule has 0 radical (unpaired) electrons. The molecule has 3 N–H and O–H groups in total. The van der Waals surface area contributed by atoms with Crippen molar-refractivity contribution in [2.45, 2.75) is 6.61 Å². The Balaban J connectivity index is 2.17. The first-order valence-corrected chi connectivity index (χ1v) is 6.46. The van der Waals surface area contributed by atoms with Crippen LogP contribution in [-0.4, -0.2) is 11.1 Å². The number of rotatable bonds is 4. The summed E-state index contributed by atoms with van der Waals surface area (Å²) in [6.07, 6.45) is 0. The molecule has 104 valence electrons. The van der Waals surface area contributed by atoms with Gasteiger partial charge in [-0.05, 0) is 36.4 Å². The van der Waals surface area contributed by atoms with Gasteiger partial charge in [0, 0.05) is 15.7 Å². The number of hydrogen-bond acceptors (Lipinski definition) is 3. The van der Waals surface area contributed by atoms with Crippen LogP contribution in [0, 0.1) is 5.82 Å². The van der Waals surface area contributed by atoms with Crippen molar-refractivity contribution in [1.82, 2.24) is 0 Å². The molecule has 2 aromatic carbocycles. The number of anilines is 1. The topological polar surface area (TPSA) is 72.5 Å². The van der Waals surface area contributed by atoms with Gasteiger partial charge in [-0.2, -0.15) is 0 Å². The molecule has 2 aromatic rings. The maximum Gasteiger partial charge on any atom is 0.337 e. The van der Waals surface area contributed by atoms with Crippen LogP contribution in [0.2, 0.25) is 0 Å². The van der Waals surface area contributed by atoms with Crippen molar-refractivity contribution in [3.63, 3.8) is 0 Å². The number of halogens is 2. The third kappa shape index (κ3) is 3.27. The predicted molar refractivity (Wildman–Crippen MR) is 76.2 cm³/mol. The lowest BCUT2D eigenvalue weighted by Gasteiger charge is -2.09. The van der Waals surface area contributed by atoms with Gasteiger partial charge in [0.25, 0.3) is 0 Å². The molecule has 2 rings (SSSR count). The first-order chi connectivity index (χ1) is 9.47. The summed E-state index contributed by atoms with van der Waals surface area (Å²) in [5.41, 5.74) is 6.01. The summed E-state index contributed by atoms with van der Waals surface area (Å²) in [6, 6.07) is 8.81. The van der Waals surface area contributed by atoms with Gasteiger partial charge in [-0.3, -0.25) is 0 Å². The molecular formula is C14H11BrFNO3. The molecule has 20 heavy (non-hydrogen) atoms. The third-order valence-electron chi connectivity index (χ3n) is 2.66. The Hall–Kier alpha value is -2.08. The number of carbonyl (C=O) groups is 1. The Kier molecular flexibility index (Phi) is 4.24. The molecule has 0 aromatic heterocycles. The maximum absolute atomic E-state index is 13.5. The fourth-order valence-electron chi connectivity index (χ4n) is 1.63.